The Balaban J connectivity index is 1.33. The Morgan fingerprint density at radius 3 is 2.38 bits per heavy atom. The Bertz CT molecular complexity index is 914. The number of furan rings is 1. The zero-order valence-corrected chi connectivity index (χ0v) is 18.8. The minimum absolute atomic E-state index is 0.0268. The van der Waals surface area contributed by atoms with E-state index in [4.69, 9.17) is 13.9 Å². The van der Waals surface area contributed by atoms with Crippen LogP contribution < -0.4 is 9.47 Å². The third-order valence-electron chi connectivity index (χ3n) is 6.21. The van der Waals surface area contributed by atoms with Crippen LogP contribution in [0.3, 0.4) is 0 Å². The molecule has 2 saturated heterocycles. The van der Waals surface area contributed by atoms with Crippen LogP contribution in [0.4, 0.5) is 0 Å². The van der Waals surface area contributed by atoms with Crippen molar-refractivity contribution < 1.29 is 23.5 Å². The molecule has 2 aliphatic heterocycles. The lowest BCUT2D eigenvalue weighted by Crippen LogP contribution is -2.47. The first-order valence-electron chi connectivity index (χ1n) is 11.2. The normalized spacial score (nSPS) is 17.9. The van der Waals surface area contributed by atoms with Crippen molar-refractivity contribution in [2.45, 2.75) is 32.4 Å². The molecule has 0 radical (unpaired) electrons. The number of benzene rings is 1. The number of methoxy groups -OCH3 is 1. The molecule has 0 aliphatic carbocycles. The molecule has 0 spiro atoms. The van der Waals surface area contributed by atoms with E-state index in [1.807, 2.05) is 15.9 Å². The molecule has 0 saturated carbocycles. The average molecular weight is 442 g/mol. The van der Waals surface area contributed by atoms with E-state index in [1.54, 1.807) is 26.2 Å². The number of piperidine rings is 1. The van der Waals surface area contributed by atoms with Crippen LogP contribution in [0.15, 0.2) is 41.0 Å². The first-order chi connectivity index (χ1) is 15.5. The standard InChI is InChI=1S/C24H31N3O5/c1-18(28)26-13-11-25(12-14-26)17-19-5-6-21(30-2)23(16-19)32-20-7-9-27(10-8-20)24(29)22-4-3-15-31-22/h3-6,15-16,20H,7-14,17H2,1-2H3. The summed E-state index contributed by atoms with van der Waals surface area (Å²) in [5.41, 5.74) is 1.16. The first-order valence-corrected chi connectivity index (χ1v) is 11.2. The highest BCUT2D eigenvalue weighted by atomic mass is 16.5. The highest BCUT2D eigenvalue weighted by Gasteiger charge is 2.27. The number of rotatable bonds is 6. The summed E-state index contributed by atoms with van der Waals surface area (Å²) in [7, 11) is 1.65. The molecule has 1 aromatic heterocycles. The fourth-order valence-corrected chi connectivity index (χ4v) is 4.30. The van der Waals surface area contributed by atoms with Gasteiger partial charge in [-0.15, -0.1) is 0 Å². The van der Waals surface area contributed by atoms with Gasteiger partial charge in [-0.3, -0.25) is 14.5 Å². The maximum Gasteiger partial charge on any atom is 0.289 e. The fraction of sp³-hybridized carbons (Fsp3) is 0.500. The largest absolute Gasteiger partial charge is 0.493 e. The zero-order chi connectivity index (χ0) is 22.5. The van der Waals surface area contributed by atoms with E-state index in [-0.39, 0.29) is 17.9 Å². The predicted molar refractivity (Wildman–Crippen MR) is 119 cm³/mol. The summed E-state index contributed by atoms with van der Waals surface area (Å²) in [4.78, 5) is 30.1. The van der Waals surface area contributed by atoms with Crippen LogP contribution in [0.5, 0.6) is 11.5 Å². The SMILES string of the molecule is COc1ccc(CN2CCN(C(C)=O)CC2)cc1OC1CCN(C(=O)c2ccco2)CC1. The smallest absolute Gasteiger partial charge is 0.289 e. The quantitative estimate of drug-likeness (QED) is 0.686. The van der Waals surface area contributed by atoms with Gasteiger partial charge in [0.05, 0.1) is 13.4 Å². The van der Waals surface area contributed by atoms with Crippen molar-refractivity contribution in [2.24, 2.45) is 0 Å². The first kappa shape index (κ1) is 22.2. The van der Waals surface area contributed by atoms with Gasteiger partial charge in [0.25, 0.3) is 5.91 Å². The molecule has 8 heteroatoms. The maximum absolute atomic E-state index is 12.5. The number of nitrogens with zero attached hydrogens (tertiary/aromatic N) is 3. The van der Waals surface area contributed by atoms with Crippen molar-refractivity contribution in [3.05, 3.63) is 47.9 Å². The number of amides is 2. The fourth-order valence-electron chi connectivity index (χ4n) is 4.30. The van der Waals surface area contributed by atoms with Gasteiger partial charge >= 0.3 is 0 Å². The lowest BCUT2D eigenvalue weighted by molar-refractivity contribution is -0.130. The zero-order valence-electron chi connectivity index (χ0n) is 18.8. The summed E-state index contributed by atoms with van der Waals surface area (Å²) in [6.07, 6.45) is 3.06. The highest BCUT2D eigenvalue weighted by Crippen LogP contribution is 2.31. The van der Waals surface area contributed by atoms with E-state index >= 15 is 0 Å². The molecule has 0 atom stereocenters. The van der Waals surface area contributed by atoms with E-state index in [9.17, 15) is 9.59 Å². The van der Waals surface area contributed by atoms with E-state index in [2.05, 4.69) is 17.0 Å². The average Bonchev–Trinajstić information content (AvgIpc) is 3.35. The van der Waals surface area contributed by atoms with Crippen LogP contribution in [-0.2, 0) is 11.3 Å². The van der Waals surface area contributed by atoms with E-state index in [0.29, 0.717) is 24.6 Å². The van der Waals surface area contributed by atoms with Crippen molar-refractivity contribution >= 4 is 11.8 Å². The molecule has 2 aliphatic rings. The molecule has 2 aromatic rings. The molecular weight excluding hydrogens is 410 g/mol. The molecule has 0 bridgehead atoms. The predicted octanol–water partition coefficient (Wildman–Crippen LogP) is 2.64. The van der Waals surface area contributed by atoms with Crippen molar-refractivity contribution in [1.82, 2.24) is 14.7 Å². The minimum Gasteiger partial charge on any atom is -0.493 e. The Labute approximate surface area is 188 Å². The van der Waals surface area contributed by atoms with E-state index in [1.165, 1.54) is 6.26 Å². The van der Waals surface area contributed by atoms with Crippen molar-refractivity contribution in [1.29, 1.82) is 0 Å². The maximum atomic E-state index is 12.5. The monoisotopic (exact) mass is 441 g/mol. The minimum atomic E-state index is -0.0714. The number of carbonyl (C=O) groups is 2. The van der Waals surface area contributed by atoms with Crippen LogP contribution in [-0.4, -0.2) is 79.0 Å². The Morgan fingerprint density at radius 2 is 1.75 bits per heavy atom. The summed E-state index contributed by atoms with van der Waals surface area (Å²) in [6, 6.07) is 9.49. The molecule has 8 nitrogen and oxygen atoms in total. The van der Waals surface area contributed by atoms with Crippen LogP contribution >= 0.6 is 0 Å². The summed E-state index contributed by atoms with van der Waals surface area (Å²) < 4.78 is 17.1. The van der Waals surface area contributed by atoms with Gasteiger partial charge in [0.1, 0.15) is 6.10 Å². The Morgan fingerprint density at radius 1 is 1.00 bits per heavy atom. The van der Waals surface area contributed by atoms with Gasteiger partial charge < -0.3 is 23.7 Å². The van der Waals surface area contributed by atoms with E-state index < -0.39 is 0 Å². The highest BCUT2D eigenvalue weighted by molar-refractivity contribution is 5.91. The van der Waals surface area contributed by atoms with Gasteiger partial charge in [-0.05, 0) is 29.8 Å². The molecule has 0 unspecified atom stereocenters. The molecule has 3 heterocycles. The second kappa shape index (κ2) is 10.1. The van der Waals surface area contributed by atoms with Crippen molar-refractivity contribution in [3.8, 4) is 11.5 Å². The molecule has 4 rings (SSSR count). The van der Waals surface area contributed by atoms with Crippen molar-refractivity contribution in [3.63, 3.8) is 0 Å². The molecule has 0 N–H and O–H groups in total. The summed E-state index contributed by atoms with van der Waals surface area (Å²) in [6.45, 7) is 6.96. The van der Waals surface area contributed by atoms with Crippen LogP contribution in [0.2, 0.25) is 0 Å². The molecule has 2 fully saturated rings. The van der Waals surface area contributed by atoms with Gasteiger partial charge in [-0.1, -0.05) is 6.07 Å². The van der Waals surface area contributed by atoms with Crippen molar-refractivity contribution in [2.75, 3.05) is 46.4 Å². The van der Waals surface area contributed by atoms with E-state index in [0.717, 1.165) is 56.9 Å². The van der Waals surface area contributed by atoms with Crippen LogP contribution in [0, 0.1) is 0 Å². The number of likely N-dealkylation sites (tertiary alicyclic amines) is 1. The number of carbonyl (C=O) groups excluding carboxylic acids is 2. The van der Waals surface area contributed by atoms with Gasteiger partial charge in [-0.2, -0.15) is 0 Å². The van der Waals surface area contributed by atoms with Gasteiger partial charge in [0.15, 0.2) is 17.3 Å². The molecular formula is C24H31N3O5. The molecule has 1 aromatic carbocycles. The topological polar surface area (TPSA) is 75.5 Å². The Hall–Kier alpha value is -3.00. The molecule has 32 heavy (non-hydrogen) atoms. The number of hydrogen-bond acceptors (Lipinski definition) is 6. The summed E-state index contributed by atoms with van der Waals surface area (Å²) in [5.74, 6) is 1.90. The van der Waals surface area contributed by atoms with Gasteiger partial charge in [0.2, 0.25) is 5.91 Å². The molecule has 2 amide bonds. The summed E-state index contributed by atoms with van der Waals surface area (Å²) in [5, 5.41) is 0. The Kier molecular flexibility index (Phi) is 6.99. The lowest BCUT2D eigenvalue weighted by Gasteiger charge is -2.34. The van der Waals surface area contributed by atoms with Crippen LogP contribution in [0.25, 0.3) is 0 Å². The number of ether oxygens (including phenoxy) is 2. The third-order valence-corrected chi connectivity index (χ3v) is 6.21. The van der Waals surface area contributed by atoms with Gasteiger partial charge in [-0.25, -0.2) is 0 Å². The molecule has 172 valence electrons. The van der Waals surface area contributed by atoms with Gasteiger partial charge in [0, 0.05) is 65.6 Å². The second-order valence-electron chi connectivity index (χ2n) is 8.35. The lowest BCUT2D eigenvalue weighted by atomic mass is 10.1. The summed E-state index contributed by atoms with van der Waals surface area (Å²) >= 11 is 0. The number of hydrogen-bond donors (Lipinski definition) is 0. The second-order valence-corrected chi connectivity index (χ2v) is 8.35. The third kappa shape index (κ3) is 5.24. The number of piperazine rings is 1. The van der Waals surface area contributed by atoms with Crippen LogP contribution in [0.1, 0.15) is 35.9 Å².